The Kier molecular flexibility index (Phi) is 6.07. The van der Waals surface area contributed by atoms with Crippen molar-refractivity contribution >= 4 is 28.9 Å². The number of nitrogens with one attached hydrogen (secondary N) is 3. The van der Waals surface area contributed by atoms with Gasteiger partial charge < -0.3 is 16.0 Å². The highest BCUT2D eigenvalue weighted by atomic mass is 16.2. The van der Waals surface area contributed by atoms with E-state index in [4.69, 9.17) is 0 Å². The van der Waals surface area contributed by atoms with Crippen molar-refractivity contribution in [2.75, 3.05) is 22.5 Å². The van der Waals surface area contributed by atoms with Gasteiger partial charge in [-0.15, -0.1) is 0 Å². The number of carbonyl (C=O) groups excluding carboxylic acids is 2. The van der Waals surface area contributed by atoms with Crippen LogP contribution in [0.4, 0.5) is 17.1 Å². The summed E-state index contributed by atoms with van der Waals surface area (Å²) in [6.07, 6.45) is 0. The second kappa shape index (κ2) is 8.86. The first kappa shape index (κ1) is 19.2. The molecule has 3 N–H and O–H groups in total. The molecule has 28 heavy (non-hydrogen) atoms. The average molecular weight is 373 g/mol. The quantitative estimate of drug-likeness (QED) is 0.591. The molecular weight excluding hydrogens is 350 g/mol. The average Bonchev–Trinajstić information content (AvgIpc) is 2.69. The van der Waals surface area contributed by atoms with Crippen LogP contribution < -0.4 is 16.0 Å². The molecule has 3 aromatic carbocycles. The summed E-state index contributed by atoms with van der Waals surface area (Å²) in [5.74, 6) is -0.275. The van der Waals surface area contributed by atoms with E-state index in [0.717, 1.165) is 22.5 Å². The number of rotatable bonds is 6. The van der Waals surface area contributed by atoms with Gasteiger partial charge in [0, 0.05) is 22.6 Å². The number of hydrogen-bond donors (Lipinski definition) is 3. The molecule has 0 radical (unpaired) electrons. The van der Waals surface area contributed by atoms with E-state index in [1.807, 2.05) is 68.4 Å². The summed E-state index contributed by atoms with van der Waals surface area (Å²) in [6.45, 7) is 4.11. The van der Waals surface area contributed by atoms with E-state index in [1.165, 1.54) is 0 Å². The van der Waals surface area contributed by atoms with Crippen molar-refractivity contribution in [1.82, 2.24) is 0 Å². The fourth-order valence-electron chi connectivity index (χ4n) is 2.69. The van der Waals surface area contributed by atoms with Crippen molar-refractivity contribution in [2.45, 2.75) is 13.8 Å². The lowest BCUT2D eigenvalue weighted by molar-refractivity contribution is -0.114. The number of benzene rings is 3. The number of anilines is 3. The Labute approximate surface area is 164 Å². The summed E-state index contributed by atoms with van der Waals surface area (Å²) in [7, 11) is 0. The van der Waals surface area contributed by atoms with Crippen molar-refractivity contribution in [3.8, 4) is 0 Å². The summed E-state index contributed by atoms with van der Waals surface area (Å²) in [6, 6.07) is 22.3. The second-order valence-electron chi connectivity index (χ2n) is 6.67. The molecular formula is C23H23N3O2. The predicted octanol–water partition coefficient (Wildman–Crippen LogP) is 4.61. The van der Waals surface area contributed by atoms with Gasteiger partial charge in [0.25, 0.3) is 5.91 Å². The number of carbonyl (C=O) groups is 2. The maximum atomic E-state index is 12.3. The van der Waals surface area contributed by atoms with Gasteiger partial charge in [0.2, 0.25) is 5.91 Å². The Balaban J connectivity index is 1.50. The highest BCUT2D eigenvalue weighted by molar-refractivity contribution is 6.04. The summed E-state index contributed by atoms with van der Waals surface area (Å²) in [4.78, 5) is 24.3. The monoisotopic (exact) mass is 373 g/mol. The first-order valence-corrected chi connectivity index (χ1v) is 9.08. The molecule has 3 rings (SSSR count). The molecule has 0 saturated carbocycles. The van der Waals surface area contributed by atoms with Crippen molar-refractivity contribution in [3.05, 3.63) is 89.5 Å². The molecule has 0 aliphatic rings. The standard InChI is InChI=1S/C23H23N3O2/c1-16-6-8-20(9-7-16)25-22(27)15-24-19-10-12-21(13-11-19)26-23(28)18-5-3-4-17(2)14-18/h3-14,24H,15H2,1-2H3,(H,25,27)(H,26,28). The van der Waals surface area contributed by atoms with E-state index in [1.54, 1.807) is 18.2 Å². The SMILES string of the molecule is Cc1ccc(NC(=O)CNc2ccc(NC(=O)c3cccc(C)c3)cc2)cc1. The highest BCUT2D eigenvalue weighted by Crippen LogP contribution is 2.15. The lowest BCUT2D eigenvalue weighted by atomic mass is 10.1. The molecule has 0 aromatic heterocycles. The van der Waals surface area contributed by atoms with E-state index < -0.39 is 0 Å². The van der Waals surface area contributed by atoms with Gasteiger partial charge in [-0.2, -0.15) is 0 Å². The fraction of sp³-hybridized carbons (Fsp3) is 0.130. The Morgan fingerprint density at radius 1 is 0.714 bits per heavy atom. The fourth-order valence-corrected chi connectivity index (χ4v) is 2.69. The molecule has 0 aliphatic heterocycles. The van der Waals surface area contributed by atoms with Crippen molar-refractivity contribution in [1.29, 1.82) is 0 Å². The van der Waals surface area contributed by atoms with Gasteiger partial charge in [-0.25, -0.2) is 0 Å². The molecule has 5 heteroatoms. The van der Waals surface area contributed by atoms with Crippen LogP contribution in [0.1, 0.15) is 21.5 Å². The minimum absolute atomic E-state index is 0.124. The molecule has 0 atom stereocenters. The van der Waals surface area contributed by atoms with Crippen LogP contribution in [0.3, 0.4) is 0 Å². The maximum absolute atomic E-state index is 12.3. The summed E-state index contributed by atoms with van der Waals surface area (Å²) < 4.78 is 0. The van der Waals surface area contributed by atoms with Crippen LogP contribution >= 0.6 is 0 Å². The van der Waals surface area contributed by atoms with Crippen LogP contribution in [-0.4, -0.2) is 18.4 Å². The zero-order valence-corrected chi connectivity index (χ0v) is 16.0. The van der Waals surface area contributed by atoms with Crippen LogP contribution in [0.15, 0.2) is 72.8 Å². The van der Waals surface area contributed by atoms with Gasteiger partial charge in [-0.1, -0.05) is 35.4 Å². The lowest BCUT2D eigenvalue weighted by Gasteiger charge is -2.10. The van der Waals surface area contributed by atoms with Gasteiger partial charge in [0.15, 0.2) is 0 Å². The van der Waals surface area contributed by atoms with Crippen molar-refractivity contribution in [2.24, 2.45) is 0 Å². The molecule has 0 aliphatic carbocycles. The maximum Gasteiger partial charge on any atom is 0.255 e. The third-order valence-corrected chi connectivity index (χ3v) is 4.21. The molecule has 0 bridgehead atoms. The van der Waals surface area contributed by atoms with Crippen LogP contribution in [-0.2, 0) is 4.79 Å². The Bertz CT molecular complexity index is 964. The minimum atomic E-state index is -0.151. The van der Waals surface area contributed by atoms with E-state index in [2.05, 4.69) is 16.0 Å². The first-order chi connectivity index (χ1) is 13.5. The van der Waals surface area contributed by atoms with Crippen LogP contribution in [0.2, 0.25) is 0 Å². The zero-order chi connectivity index (χ0) is 19.9. The molecule has 0 unspecified atom stereocenters. The largest absolute Gasteiger partial charge is 0.376 e. The smallest absolute Gasteiger partial charge is 0.255 e. The molecule has 2 amide bonds. The number of hydrogen-bond acceptors (Lipinski definition) is 3. The van der Waals surface area contributed by atoms with Gasteiger partial charge in [0.1, 0.15) is 0 Å². The zero-order valence-electron chi connectivity index (χ0n) is 16.0. The van der Waals surface area contributed by atoms with Gasteiger partial charge >= 0.3 is 0 Å². The van der Waals surface area contributed by atoms with E-state index >= 15 is 0 Å². The van der Waals surface area contributed by atoms with Crippen LogP contribution in [0.5, 0.6) is 0 Å². The van der Waals surface area contributed by atoms with Gasteiger partial charge in [0.05, 0.1) is 6.54 Å². The Hall–Kier alpha value is -3.60. The van der Waals surface area contributed by atoms with Crippen LogP contribution in [0, 0.1) is 13.8 Å². The van der Waals surface area contributed by atoms with Gasteiger partial charge in [-0.3, -0.25) is 9.59 Å². The van der Waals surface area contributed by atoms with Crippen molar-refractivity contribution in [3.63, 3.8) is 0 Å². The van der Waals surface area contributed by atoms with Gasteiger partial charge in [-0.05, 0) is 62.4 Å². The molecule has 5 nitrogen and oxygen atoms in total. The van der Waals surface area contributed by atoms with Crippen LogP contribution in [0.25, 0.3) is 0 Å². The molecule has 3 aromatic rings. The minimum Gasteiger partial charge on any atom is -0.376 e. The molecule has 0 saturated heterocycles. The third kappa shape index (κ3) is 5.45. The van der Waals surface area contributed by atoms with E-state index in [-0.39, 0.29) is 18.4 Å². The summed E-state index contributed by atoms with van der Waals surface area (Å²) >= 11 is 0. The highest BCUT2D eigenvalue weighted by Gasteiger charge is 2.06. The molecule has 0 spiro atoms. The Morgan fingerprint density at radius 3 is 2.00 bits per heavy atom. The summed E-state index contributed by atoms with van der Waals surface area (Å²) in [5.41, 5.74) is 5.07. The summed E-state index contributed by atoms with van der Waals surface area (Å²) in [5, 5.41) is 8.78. The molecule has 0 fully saturated rings. The number of amides is 2. The van der Waals surface area contributed by atoms with Crippen molar-refractivity contribution < 1.29 is 9.59 Å². The molecule has 0 heterocycles. The third-order valence-electron chi connectivity index (χ3n) is 4.21. The van der Waals surface area contributed by atoms with E-state index in [9.17, 15) is 9.59 Å². The second-order valence-corrected chi connectivity index (χ2v) is 6.67. The first-order valence-electron chi connectivity index (χ1n) is 9.08. The topological polar surface area (TPSA) is 70.2 Å². The normalized spacial score (nSPS) is 10.2. The van der Waals surface area contributed by atoms with E-state index in [0.29, 0.717) is 11.3 Å². The predicted molar refractivity (Wildman–Crippen MR) is 114 cm³/mol. The Morgan fingerprint density at radius 2 is 1.32 bits per heavy atom. The lowest BCUT2D eigenvalue weighted by Crippen LogP contribution is -2.21. The molecule has 142 valence electrons. The number of aryl methyl sites for hydroxylation is 2.